The fraction of sp³-hybridized carbons (Fsp3) is 0.610. The summed E-state index contributed by atoms with van der Waals surface area (Å²) in [6.45, 7) is 26.6. The zero-order valence-electron chi connectivity index (χ0n) is 33.7. The highest BCUT2D eigenvalue weighted by Gasteiger charge is 2.33. The lowest BCUT2D eigenvalue weighted by Gasteiger charge is -2.31. The van der Waals surface area contributed by atoms with Crippen molar-refractivity contribution in [2.75, 3.05) is 28.6 Å². The van der Waals surface area contributed by atoms with Crippen LogP contribution in [0.2, 0.25) is 0 Å². The number of carbonyl (C=O) groups excluding carboxylic acids is 4. The fourth-order valence-electron chi connectivity index (χ4n) is 5.55. The summed E-state index contributed by atoms with van der Waals surface area (Å²) < 4.78 is 16.8. The summed E-state index contributed by atoms with van der Waals surface area (Å²) >= 11 is 0. The van der Waals surface area contributed by atoms with Gasteiger partial charge in [-0.05, 0) is 87.6 Å². The van der Waals surface area contributed by atoms with Crippen molar-refractivity contribution in [1.29, 1.82) is 0 Å². The van der Waals surface area contributed by atoms with Crippen molar-refractivity contribution in [2.45, 2.75) is 127 Å². The van der Waals surface area contributed by atoms with Crippen LogP contribution in [0, 0.1) is 30.6 Å². The van der Waals surface area contributed by atoms with Crippen LogP contribution in [0.1, 0.15) is 113 Å². The number of benzene rings is 2. The van der Waals surface area contributed by atoms with Gasteiger partial charge in [-0.15, -0.1) is 0 Å². The Kier molecular flexibility index (Phi) is 17.0. The summed E-state index contributed by atoms with van der Waals surface area (Å²) in [6.07, 6.45) is -1.26. The summed E-state index contributed by atoms with van der Waals surface area (Å²) in [5, 5.41) is 8.60. The quantitative estimate of drug-likeness (QED) is 0.109. The molecule has 0 spiro atoms. The maximum atomic E-state index is 13.4. The molecule has 11 heteroatoms. The van der Waals surface area contributed by atoms with Crippen molar-refractivity contribution in [3.05, 3.63) is 53.6 Å². The molecule has 0 bridgehead atoms. The number of ether oxygens (including phenoxy) is 3. The Hall–Kier alpha value is -4.28. The Morgan fingerprint density at radius 3 is 1.88 bits per heavy atom. The van der Waals surface area contributed by atoms with Crippen LogP contribution in [-0.4, -0.2) is 55.1 Å². The second kappa shape index (κ2) is 20.1. The molecule has 0 saturated heterocycles. The van der Waals surface area contributed by atoms with E-state index < -0.39 is 36.0 Å². The zero-order chi connectivity index (χ0) is 39.3. The molecule has 52 heavy (non-hydrogen) atoms. The summed E-state index contributed by atoms with van der Waals surface area (Å²) in [6, 6.07) is 12.2. The number of carbonyl (C=O) groups is 4. The molecule has 0 saturated carbocycles. The van der Waals surface area contributed by atoms with Crippen LogP contribution >= 0.6 is 0 Å². The monoisotopic (exact) mass is 724 g/mol. The topological polar surface area (TPSA) is 135 Å². The zero-order valence-corrected chi connectivity index (χ0v) is 33.7. The molecule has 3 atom stereocenters. The highest BCUT2D eigenvalue weighted by molar-refractivity contribution is 6.02. The molecule has 11 nitrogen and oxygen atoms in total. The van der Waals surface area contributed by atoms with Gasteiger partial charge in [0.25, 0.3) is 0 Å². The summed E-state index contributed by atoms with van der Waals surface area (Å²) in [7, 11) is 0. The molecule has 0 aliphatic heterocycles. The number of hydrogen-bond donors (Lipinski definition) is 3. The van der Waals surface area contributed by atoms with Crippen molar-refractivity contribution in [3.63, 3.8) is 0 Å². The first-order valence-corrected chi connectivity index (χ1v) is 18.6. The van der Waals surface area contributed by atoms with Crippen LogP contribution in [0.3, 0.4) is 0 Å². The van der Waals surface area contributed by atoms with Crippen LogP contribution in [-0.2, 0) is 23.8 Å². The van der Waals surface area contributed by atoms with Crippen LogP contribution < -0.4 is 20.9 Å². The smallest absolute Gasteiger partial charge is 0.408 e. The molecule has 2 aromatic carbocycles. The van der Waals surface area contributed by atoms with E-state index in [1.807, 2.05) is 56.3 Å². The van der Waals surface area contributed by atoms with E-state index in [-0.39, 0.29) is 30.2 Å². The van der Waals surface area contributed by atoms with Crippen molar-refractivity contribution in [1.82, 2.24) is 5.32 Å². The molecule has 3 N–H and O–H groups in total. The summed E-state index contributed by atoms with van der Waals surface area (Å²) in [5.74, 6) is -1.38. The molecule has 1 unspecified atom stereocenters. The molecule has 0 radical (unpaired) electrons. The average molecular weight is 725 g/mol. The van der Waals surface area contributed by atoms with Gasteiger partial charge in [0.1, 0.15) is 11.6 Å². The minimum atomic E-state index is -1.16. The number of esters is 2. The largest absolute Gasteiger partial charge is 0.444 e. The number of aryl methyl sites for hydroxylation is 1. The number of alkyl carbamates (subject to hydrolysis) is 1. The Labute approximate surface area is 311 Å². The Bertz CT molecular complexity index is 1450. The lowest BCUT2D eigenvalue weighted by molar-refractivity contribution is -0.198. The Morgan fingerprint density at radius 2 is 1.38 bits per heavy atom. The molecule has 0 aromatic heterocycles. The van der Waals surface area contributed by atoms with E-state index in [1.165, 1.54) is 0 Å². The van der Waals surface area contributed by atoms with E-state index in [0.717, 1.165) is 29.9 Å². The Morgan fingerprint density at radius 1 is 0.788 bits per heavy atom. The number of amides is 3. The molecule has 290 valence electrons. The van der Waals surface area contributed by atoms with Crippen molar-refractivity contribution >= 4 is 41.1 Å². The third kappa shape index (κ3) is 15.1. The maximum Gasteiger partial charge on any atom is 0.408 e. The number of anilines is 3. The molecular formula is C41H64N4O7. The lowest BCUT2D eigenvalue weighted by atomic mass is 9.92. The van der Waals surface area contributed by atoms with E-state index in [2.05, 4.69) is 48.5 Å². The van der Waals surface area contributed by atoms with Gasteiger partial charge in [-0.3, -0.25) is 4.79 Å². The third-order valence-electron chi connectivity index (χ3n) is 8.08. The van der Waals surface area contributed by atoms with Gasteiger partial charge in [-0.1, -0.05) is 86.1 Å². The van der Waals surface area contributed by atoms with Gasteiger partial charge in [0.05, 0.1) is 17.8 Å². The molecule has 2 aromatic rings. The lowest BCUT2D eigenvalue weighted by Crippen LogP contribution is -2.48. The van der Waals surface area contributed by atoms with Crippen LogP contribution in [0.4, 0.5) is 26.7 Å². The summed E-state index contributed by atoms with van der Waals surface area (Å²) in [5.41, 5.74) is 3.43. The molecular weight excluding hydrogens is 660 g/mol. The van der Waals surface area contributed by atoms with E-state index in [0.29, 0.717) is 29.6 Å². The normalized spacial score (nSPS) is 13.4. The fourth-order valence-corrected chi connectivity index (χ4v) is 5.55. The molecule has 0 aliphatic rings. The standard InChI is InChI=1S/C41H64N4O7/c1-14-30(22-35(46)50-38(28(8)9)51-37(47)36(27(6)7)44-40(49)52-41(11,12)13)31-17-20-34(45(23-25(2)3)24-26(4)5)33(21-31)43-39(48)42-32-18-15-29(10)16-19-32/h15-21,25-28,30,36,38H,14,22-24H2,1-13H3,(H,44,49)(H2,42,43,48)/t30-,36-,38?/m0/s1. The SMILES string of the molecule is CC[C@@H](CC(=O)OC(OC(=O)[C@@H](NC(=O)OC(C)(C)C)C(C)C)C(C)C)c1ccc(N(CC(C)C)CC(C)C)c(NC(=O)Nc2ccc(C)cc2)c1. The molecule has 0 heterocycles. The van der Waals surface area contributed by atoms with Gasteiger partial charge in [0.2, 0.25) is 6.29 Å². The maximum absolute atomic E-state index is 13.4. The first-order valence-electron chi connectivity index (χ1n) is 18.6. The van der Waals surface area contributed by atoms with Gasteiger partial charge >= 0.3 is 24.1 Å². The predicted molar refractivity (Wildman–Crippen MR) is 209 cm³/mol. The molecule has 0 aliphatic carbocycles. The number of hydrogen-bond acceptors (Lipinski definition) is 8. The van der Waals surface area contributed by atoms with Crippen molar-refractivity contribution in [2.24, 2.45) is 23.7 Å². The second-order valence-electron chi connectivity index (χ2n) is 16.1. The minimum Gasteiger partial charge on any atom is -0.444 e. The number of nitrogens with one attached hydrogen (secondary N) is 3. The minimum absolute atomic E-state index is 0.0249. The molecule has 0 fully saturated rings. The molecule has 3 amide bonds. The van der Waals surface area contributed by atoms with E-state index >= 15 is 0 Å². The molecule has 2 rings (SSSR count). The van der Waals surface area contributed by atoms with Crippen LogP contribution in [0.15, 0.2) is 42.5 Å². The number of nitrogens with zero attached hydrogens (tertiary/aromatic N) is 1. The van der Waals surface area contributed by atoms with Gasteiger partial charge in [-0.2, -0.15) is 0 Å². The van der Waals surface area contributed by atoms with Crippen LogP contribution in [0.5, 0.6) is 0 Å². The third-order valence-corrected chi connectivity index (χ3v) is 8.08. The van der Waals surface area contributed by atoms with E-state index in [1.54, 1.807) is 48.5 Å². The van der Waals surface area contributed by atoms with Crippen molar-refractivity contribution < 1.29 is 33.4 Å². The van der Waals surface area contributed by atoms with E-state index in [4.69, 9.17) is 14.2 Å². The highest BCUT2D eigenvalue weighted by atomic mass is 16.7. The number of urea groups is 1. The van der Waals surface area contributed by atoms with E-state index in [9.17, 15) is 19.2 Å². The first kappa shape index (κ1) is 43.9. The first-order chi connectivity index (χ1) is 24.2. The van der Waals surface area contributed by atoms with Gasteiger partial charge in [0.15, 0.2) is 0 Å². The highest BCUT2D eigenvalue weighted by Crippen LogP contribution is 2.34. The van der Waals surface area contributed by atoms with Gasteiger partial charge < -0.3 is 35.1 Å². The Balaban J connectivity index is 2.32. The van der Waals surface area contributed by atoms with Crippen molar-refractivity contribution in [3.8, 4) is 0 Å². The summed E-state index contributed by atoms with van der Waals surface area (Å²) in [4.78, 5) is 54.7. The number of rotatable bonds is 17. The second-order valence-corrected chi connectivity index (χ2v) is 16.1. The van der Waals surface area contributed by atoms with Gasteiger partial charge in [-0.25, -0.2) is 14.4 Å². The van der Waals surface area contributed by atoms with Crippen LogP contribution in [0.25, 0.3) is 0 Å². The average Bonchev–Trinajstić information content (AvgIpc) is 3.01. The van der Waals surface area contributed by atoms with Gasteiger partial charge in [0, 0.05) is 24.7 Å². The predicted octanol–water partition coefficient (Wildman–Crippen LogP) is 9.26.